The van der Waals surface area contributed by atoms with Crippen molar-refractivity contribution in [1.82, 2.24) is 0 Å². The van der Waals surface area contributed by atoms with Gasteiger partial charge in [0.25, 0.3) is 0 Å². The zero-order valence-electron chi connectivity index (χ0n) is 6.17. The number of rotatable bonds is 2. The molecule has 0 spiro atoms. The largest absolute Gasteiger partial charge is 0.507 e. The SMILES string of the molecule is CCSc1cc(I)ccc1O. The fraction of sp³-hybridized carbons (Fsp3) is 0.250. The minimum Gasteiger partial charge on any atom is -0.507 e. The molecule has 0 fully saturated rings. The molecule has 0 aliphatic carbocycles. The van der Waals surface area contributed by atoms with Crippen LogP contribution in [-0.4, -0.2) is 10.9 Å². The molecular formula is C8H9IOS. The predicted molar refractivity (Wildman–Crippen MR) is 57.2 cm³/mol. The van der Waals surface area contributed by atoms with Crippen molar-refractivity contribution in [1.29, 1.82) is 0 Å². The number of hydrogen-bond donors (Lipinski definition) is 1. The third kappa shape index (κ3) is 2.56. The van der Waals surface area contributed by atoms with E-state index in [0.717, 1.165) is 14.2 Å². The zero-order valence-corrected chi connectivity index (χ0v) is 9.15. The van der Waals surface area contributed by atoms with Crippen LogP contribution in [0.25, 0.3) is 0 Å². The van der Waals surface area contributed by atoms with Crippen LogP contribution in [0.1, 0.15) is 6.92 Å². The highest BCUT2D eigenvalue weighted by molar-refractivity contribution is 14.1. The van der Waals surface area contributed by atoms with E-state index in [1.54, 1.807) is 17.8 Å². The van der Waals surface area contributed by atoms with E-state index in [1.807, 2.05) is 12.1 Å². The number of phenolic OH excluding ortho intramolecular Hbond substituents is 1. The third-order valence-electron chi connectivity index (χ3n) is 1.22. The molecule has 0 saturated carbocycles. The average molecular weight is 280 g/mol. The van der Waals surface area contributed by atoms with Gasteiger partial charge in [-0.3, -0.25) is 0 Å². The second-order valence-electron chi connectivity index (χ2n) is 2.05. The van der Waals surface area contributed by atoms with Crippen LogP contribution in [0.3, 0.4) is 0 Å². The van der Waals surface area contributed by atoms with Gasteiger partial charge in [0.1, 0.15) is 5.75 Å². The smallest absolute Gasteiger partial charge is 0.129 e. The number of aromatic hydroxyl groups is 1. The Labute approximate surface area is 84.3 Å². The first-order valence-corrected chi connectivity index (χ1v) is 5.41. The molecule has 0 bridgehead atoms. The standard InChI is InChI=1S/C8H9IOS/c1-2-11-8-5-6(9)3-4-7(8)10/h3-5,10H,2H2,1H3. The van der Waals surface area contributed by atoms with Gasteiger partial charge in [0.05, 0.1) is 4.90 Å². The van der Waals surface area contributed by atoms with Crippen molar-refractivity contribution >= 4 is 34.4 Å². The minimum absolute atomic E-state index is 0.386. The van der Waals surface area contributed by atoms with Gasteiger partial charge in [-0.1, -0.05) is 6.92 Å². The van der Waals surface area contributed by atoms with Gasteiger partial charge >= 0.3 is 0 Å². The first-order valence-electron chi connectivity index (χ1n) is 3.35. The molecule has 1 nitrogen and oxygen atoms in total. The Morgan fingerprint density at radius 1 is 1.55 bits per heavy atom. The lowest BCUT2D eigenvalue weighted by atomic mass is 10.3. The Morgan fingerprint density at radius 2 is 2.27 bits per heavy atom. The second-order valence-corrected chi connectivity index (χ2v) is 4.60. The summed E-state index contributed by atoms with van der Waals surface area (Å²) in [6, 6.07) is 5.62. The van der Waals surface area contributed by atoms with Crippen LogP contribution in [0.2, 0.25) is 0 Å². The van der Waals surface area contributed by atoms with Gasteiger partial charge in [0.15, 0.2) is 0 Å². The van der Waals surface area contributed by atoms with E-state index in [2.05, 4.69) is 29.5 Å². The molecule has 1 N–H and O–H groups in total. The monoisotopic (exact) mass is 280 g/mol. The molecule has 0 atom stereocenters. The lowest BCUT2D eigenvalue weighted by Gasteiger charge is -2.01. The molecule has 0 aliphatic rings. The fourth-order valence-corrected chi connectivity index (χ4v) is 2.20. The Hall–Kier alpha value is 0.1000. The molecule has 60 valence electrons. The lowest BCUT2D eigenvalue weighted by molar-refractivity contribution is 0.462. The lowest BCUT2D eigenvalue weighted by Crippen LogP contribution is -1.76. The maximum absolute atomic E-state index is 9.34. The van der Waals surface area contributed by atoms with Crippen LogP contribution in [-0.2, 0) is 0 Å². The predicted octanol–water partition coefficient (Wildman–Crippen LogP) is 3.11. The van der Waals surface area contributed by atoms with E-state index in [0.29, 0.717) is 5.75 Å². The topological polar surface area (TPSA) is 20.2 Å². The minimum atomic E-state index is 0.386. The summed E-state index contributed by atoms with van der Waals surface area (Å²) in [7, 11) is 0. The Morgan fingerprint density at radius 3 is 2.91 bits per heavy atom. The van der Waals surface area contributed by atoms with Crippen molar-refractivity contribution in [3.05, 3.63) is 21.8 Å². The highest BCUT2D eigenvalue weighted by Crippen LogP contribution is 2.29. The molecular weight excluding hydrogens is 271 g/mol. The van der Waals surface area contributed by atoms with Crippen molar-refractivity contribution in [2.24, 2.45) is 0 Å². The van der Waals surface area contributed by atoms with E-state index in [-0.39, 0.29) is 0 Å². The highest BCUT2D eigenvalue weighted by atomic mass is 127. The van der Waals surface area contributed by atoms with E-state index in [9.17, 15) is 5.11 Å². The van der Waals surface area contributed by atoms with Crippen LogP contribution in [0.5, 0.6) is 5.75 Å². The molecule has 0 heterocycles. The summed E-state index contributed by atoms with van der Waals surface area (Å²) in [5, 5.41) is 9.34. The van der Waals surface area contributed by atoms with E-state index in [1.165, 1.54) is 0 Å². The number of phenols is 1. The van der Waals surface area contributed by atoms with E-state index >= 15 is 0 Å². The second kappa shape index (κ2) is 4.21. The summed E-state index contributed by atoms with van der Waals surface area (Å²) in [6.45, 7) is 2.07. The van der Waals surface area contributed by atoms with Crippen molar-refractivity contribution in [2.75, 3.05) is 5.75 Å². The summed E-state index contributed by atoms with van der Waals surface area (Å²) in [5.74, 6) is 1.38. The van der Waals surface area contributed by atoms with E-state index < -0.39 is 0 Å². The van der Waals surface area contributed by atoms with Crippen LogP contribution < -0.4 is 0 Å². The molecule has 3 heteroatoms. The van der Waals surface area contributed by atoms with Crippen LogP contribution in [0.4, 0.5) is 0 Å². The number of thioether (sulfide) groups is 1. The average Bonchev–Trinajstić information content (AvgIpc) is 1.98. The fourth-order valence-electron chi connectivity index (χ4n) is 0.759. The molecule has 0 aliphatic heterocycles. The van der Waals surface area contributed by atoms with Crippen molar-refractivity contribution in [3.63, 3.8) is 0 Å². The number of halogens is 1. The van der Waals surface area contributed by atoms with Gasteiger partial charge in [0.2, 0.25) is 0 Å². The van der Waals surface area contributed by atoms with Crippen LogP contribution >= 0.6 is 34.4 Å². The number of hydrogen-bond acceptors (Lipinski definition) is 2. The quantitative estimate of drug-likeness (QED) is 0.663. The molecule has 1 rings (SSSR count). The van der Waals surface area contributed by atoms with E-state index in [4.69, 9.17) is 0 Å². The van der Waals surface area contributed by atoms with Gasteiger partial charge in [-0.2, -0.15) is 0 Å². The third-order valence-corrected chi connectivity index (χ3v) is 2.82. The number of benzene rings is 1. The van der Waals surface area contributed by atoms with Gasteiger partial charge in [0, 0.05) is 3.57 Å². The molecule has 11 heavy (non-hydrogen) atoms. The first kappa shape index (κ1) is 9.19. The zero-order chi connectivity index (χ0) is 8.27. The van der Waals surface area contributed by atoms with Crippen molar-refractivity contribution in [2.45, 2.75) is 11.8 Å². The summed E-state index contributed by atoms with van der Waals surface area (Å²) < 4.78 is 1.16. The normalized spacial score (nSPS) is 10.0. The molecule has 1 aromatic carbocycles. The molecule has 1 aromatic rings. The van der Waals surface area contributed by atoms with Crippen LogP contribution in [0, 0.1) is 3.57 Å². The summed E-state index contributed by atoms with van der Waals surface area (Å²) in [4.78, 5) is 0.972. The Bertz CT molecular complexity index is 250. The highest BCUT2D eigenvalue weighted by Gasteiger charge is 1.99. The summed E-state index contributed by atoms with van der Waals surface area (Å²) in [5.41, 5.74) is 0. The maximum Gasteiger partial charge on any atom is 0.129 e. The molecule has 0 radical (unpaired) electrons. The van der Waals surface area contributed by atoms with Gasteiger partial charge in [-0.05, 0) is 46.5 Å². The molecule has 0 saturated heterocycles. The van der Waals surface area contributed by atoms with Crippen LogP contribution in [0.15, 0.2) is 23.1 Å². The Balaban J connectivity index is 2.93. The molecule has 0 amide bonds. The Kier molecular flexibility index (Phi) is 3.51. The van der Waals surface area contributed by atoms with Gasteiger partial charge in [-0.25, -0.2) is 0 Å². The van der Waals surface area contributed by atoms with Crippen molar-refractivity contribution < 1.29 is 5.11 Å². The first-order chi connectivity index (χ1) is 5.24. The molecule has 0 aromatic heterocycles. The summed E-state index contributed by atoms with van der Waals surface area (Å²) >= 11 is 3.90. The van der Waals surface area contributed by atoms with Gasteiger partial charge < -0.3 is 5.11 Å². The summed E-state index contributed by atoms with van der Waals surface area (Å²) in [6.07, 6.45) is 0. The van der Waals surface area contributed by atoms with Crippen molar-refractivity contribution in [3.8, 4) is 5.75 Å². The molecule has 0 unspecified atom stereocenters. The van der Waals surface area contributed by atoms with Gasteiger partial charge in [-0.15, -0.1) is 11.8 Å². The maximum atomic E-state index is 9.34.